The molecule has 3 heteroatoms. The molecule has 2 bridgehead atoms. The standard InChI is InChI=1S/C19H24N2O/c1-13-4-2-7-16(10-13)20-19(22)21-17-8-9-18(21)12-15(11-17)14-5-3-6-14/h2,4,7,10,17-18H,3,5-6,8-9,11-12H2,1H3,(H,20,22). The van der Waals surface area contributed by atoms with E-state index in [0.29, 0.717) is 12.1 Å². The summed E-state index contributed by atoms with van der Waals surface area (Å²) in [6.07, 6.45) is 8.56. The van der Waals surface area contributed by atoms with Crippen molar-refractivity contribution < 1.29 is 4.79 Å². The van der Waals surface area contributed by atoms with Gasteiger partial charge in [-0.1, -0.05) is 23.3 Å². The van der Waals surface area contributed by atoms with Crippen molar-refractivity contribution in [1.82, 2.24) is 4.90 Å². The number of anilines is 1. The van der Waals surface area contributed by atoms with Crippen molar-refractivity contribution in [3.05, 3.63) is 41.0 Å². The van der Waals surface area contributed by atoms with Crippen LogP contribution in [0.25, 0.3) is 0 Å². The van der Waals surface area contributed by atoms with Gasteiger partial charge >= 0.3 is 6.03 Å². The van der Waals surface area contributed by atoms with Gasteiger partial charge in [0.25, 0.3) is 0 Å². The van der Waals surface area contributed by atoms with Gasteiger partial charge in [0.1, 0.15) is 0 Å². The predicted octanol–water partition coefficient (Wildman–Crippen LogP) is 4.63. The summed E-state index contributed by atoms with van der Waals surface area (Å²) in [4.78, 5) is 14.8. The number of amides is 2. The van der Waals surface area contributed by atoms with E-state index in [4.69, 9.17) is 0 Å². The maximum atomic E-state index is 12.7. The molecule has 116 valence electrons. The first kappa shape index (κ1) is 13.9. The summed E-state index contributed by atoms with van der Waals surface area (Å²) in [5.41, 5.74) is 5.47. The molecule has 2 amide bonds. The van der Waals surface area contributed by atoms with Crippen molar-refractivity contribution in [2.45, 2.75) is 64.0 Å². The quantitative estimate of drug-likeness (QED) is 0.753. The summed E-state index contributed by atoms with van der Waals surface area (Å²) in [5.74, 6) is 0. The summed E-state index contributed by atoms with van der Waals surface area (Å²) in [6, 6.07) is 8.99. The molecule has 3 fully saturated rings. The van der Waals surface area contributed by atoms with E-state index in [1.54, 1.807) is 11.1 Å². The highest BCUT2D eigenvalue weighted by Crippen LogP contribution is 2.43. The lowest BCUT2D eigenvalue weighted by Gasteiger charge is -2.38. The maximum Gasteiger partial charge on any atom is 0.322 e. The van der Waals surface area contributed by atoms with E-state index >= 15 is 0 Å². The van der Waals surface area contributed by atoms with Gasteiger partial charge in [-0.25, -0.2) is 4.79 Å². The van der Waals surface area contributed by atoms with Gasteiger partial charge in [-0.2, -0.15) is 0 Å². The fraction of sp³-hybridized carbons (Fsp3) is 0.526. The van der Waals surface area contributed by atoms with Crippen LogP contribution in [0.2, 0.25) is 0 Å². The minimum atomic E-state index is 0.0933. The monoisotopic (exact) mass is 296 g/mol. The van der Waals surface area contributed by atoms with Crippen molar-refractivity contribution in [2.24, 2.45) is 0 Å². The minimum absolute atomic E-state index is 0.0933. The Morgan fingerprint density at radius 1 is 1.14 bits per heavy atom. The third-order valence-electron chi connectivity index (χ3n) is 5.54. The average molecular weight is 296 g/mol. The number of nitrogens with one attached hydrogen (secondary N) is 1. The number of aryl methyl sites for hydroxylation is 1. The second-order valence-corrected chi connectivity index (χ2v) is 7.06. The van der Waals surface area contributed by atoms with Crippen LogP contribution in [0.4, 0.5) is 10.5 Å². The smallest absolute Gasteiger partial charge is 0.318 e. The van der Waals surface area contributed by atoms with Crippen molar-refractivity contribution in [3.63, 3.8) is 0 Å². The van der Waals surface area contributed by atoms with Crippen LogP contribution in [0, 0.1) is 6.92 Å². The molecule has 0 aromatic heterocycles. The molecule has 1 aromatic rings. The van der Waals surface area contributed by atoms with Crippen LogP contribution in [0.1, 0.15) is 50.5 Å². The number of rotatable bonds is 1. The van der Waals surface area contributed by atoms with Gasteiger partial charge in [-0.05, 0) is 69.6 Å². The highest BCUT2D eigenvalue weighted by molar-refractivity contribution is 5.90. The number of fused-ring (bicyclic) bond motifs is 2. The molecule has 2 aliphatic heterocycles. The SMILES string of the molecule is Cc1cccc(NC(=O)N2C3CCC2CC(=C2CCC2)C3)c1. The molecule has 22 heavy (non-hydrogen) atoms. The number of urea groups is 1. The zero-order valence-corrected chi connectivity index (χ0v) is 13.3. The number of carbonyl (C=O) groups excluding carboxylic acids is 1. The Balaban J connectivity index is 1.48. The summed E-state index contributed by atoms with van der Waals surface area (Å²) in [5, 5.41) is 3.10. The van der Waals surface area contributed by atoms with E-state index in [9.17, 15) is 4.79 Å². The largest absolute Gasteiger partial charge is 0.322 e. The molecule has 0 radical (unpaired) electrons. The van der Waals surface area contributed by atoms with Crippen molar-refractivity contribution >= 4 is 11.7 Å². The lowest BCUT2D eigenvalue weighted by atomic mass is 9.82. The van der Waals surface area contributed by atoms with Crippen molar-refractivity contribution in [2.75, 3.05) is 5.32 Å². The fourth-order valence-corrected chi connectivity index (χ4v) is 4.25. The molecule has 0 spiro atoms. The molecule has 2 saturated heterocycles. The molecule has 3 aliphatic rings. The van der Waals surface area contributed by atoms with Gasteiger partial charge in [0.05, 0.1) is 0 Å². The number of piperidine rings is 1. The minimum Gasteiger partial charge on any atom is -0.318 e. The highest BCUT2D eigenvalue weighted by Gasteiger charge is 2.42. The van der Waals surface area contributed by atoms with Crippen LogP contribution in [-0.2, 0) is 0 Å². The second-order valence-electron chi connectivity index (χ2n) is 7.06. The summed E-state index contributed by atoms with van der Waals surface area (Å²) in [6.45, 7) is 2.05. The van der Waals surface area contributed by atoms with Gasteiger partial charge in [0.15, 0.2) is 0 Å². The zero-order valence-electron chi connectivity index (χ0n) is 13.3. The molecular formula is C19H24N2O. The second kappa shape index (κ2) is 5.45. The molecule has 1 saturated carbocycles. The van der Waals surface area contributed by atoms with Crippen molar-refractivity contribution in [1.29, 1.82) is 0 Å². The van der Waals surface area contributed by atoms with E-state index in [0.717, 1.165) is 18.5 Å². The van der Waals surface area contributed by atoms with Crippen LogP contribution < -0.4 is 5.32 Å². The summed E-state index contributed by atoms with van der Waals surface area (Å²) >= 11 is 0. The lowest BCUT2D eigenvalue weighted by molar-refractivity contribution is 0.173. The Bertz CT molecular complexity index is 612. The Hall–Kier alpha value is -1.77. The van der Waals surface area contributed by atoms with E-state index in [1.165, 1.54) is 37.7 Å². The van der Waals surface area contributed by atoms with Crippen molar-refractivity contribution in [3.8, 4) is 0 Å². The Labute approximate surface area is 132 Å². The van der Waals surface area contributed by atoms with Gasteiger partial charge in [-0.3, -0.25) is 0 Å². The molecular weight excluding hydrogens is 272 g/mol. The first-order valence-electron chi connectivity index (χ1n) is 8.56. The summed E-state index contributed by atoms with van der Waals surface area (Å²) in [7, 11) is 0. The third kappa shape index (κ3) is 2.43. The van der Waals surface area contributed by atoms with Gasteiger partial charge in [0, 0.05) is 17.8 Å². The van der Waals surface area contributed by atoms with E-state index < -0.39 is 0 Å². The number of benzene rings is 1. The van der Waals surface area contributed by atoms with Crippen LogP contribution in [-0.4, -0.2) is 23.0 Å². The highest BCUT2D eigenvalue weighted by atomic mass is 16.2. The zero-order chi connectivity index (χ0) is 15.1. The lowest BCUT2D eigenvalue weighted by Crippen LogP contribution is -2.47. The molecule has 2 heterocycles. The van der Waals surface area contributed by atoms with E-state index in [-0.39, 0.29) is 6.03 Å². The number of carbonyl (C=O) groups is 1. The molecule has 1 aliphatic carbocycles. The van der Waals surface area contributed by atoms with Crippen LogP contribution in [0.3, 0.4) is 0 Å². The fourth-order valence-electron chi connectivity index (χ4n) is 4.25. The average Bonchev–Trinajstić information content (AvgIpc) is 2.69. The van der Waals surface area contributed by atoms with E-state index in [2.05, 4.69) is 23.2 Å². The Kier molecular flexibility index (Phi) is 3.44. The number of hydrogen-bond donors (Lipinski definition) is 1. The molecule has 4 rings (SSSR count). The van der Waals surface area contributed by atoms with Gasteiger partial charge in [0.2, 0.25) is 0 Å². The molecule has 3 nitrogen and oxygen atoms in total. The van der Waals surface area contributed by atoms with Crippen LogP contribution in [0.5, 0.6) is 0 Å². The number of allylic oxidation sites excluding steroid dienone is 1. The maximum absolute atomic E-state index is 12.7. The first-order chi connectivity index (χ1) is 10.7. The molecule has 2 atom stereocenters. The summed E-state index contributed by atoms with van der Waals surface area (Å²) < 4.78 is 0. The number of nitrogens with zero attached hydrogens (tertiary/aromatic N) is 1. The molecule has 1 aromatic carbocycles. The Morgan fingerprint density at radius 3 is 2.45 bits per heavy atom. The Morgan fingerprint density at radius 2 is 1.86 bits per heavy atom. The van der Waals surface area contributed by atoms with E-state index in [1.807, 2.05) is 18.2 Å². The first-order valence-corrected chi connectivity index (χ1v) is 8.56. The third-order valence-corrected chi connectivity index (χ3v) is 5.54. The normalized spacial score (nSPS) is 26.9. The molecule has 1 N–H and O–H groups in total. The molecule has 2 unspecified atom stereocenters. The predicted molar refractivity (Wildman–Crippen MR) is 89.0 cm³/mol. The van der Waals surface area contributed by atoms with Gasteiger partial charge in [-0.15, -0.1) is 0 Å². The topological polar surface area (TPSA) is 32.3 Å². The van der Waals surface area contributed by atoms with Gasteiger partial charge < -0.3 is 10.2 Å². The van der Waals surface area contributed by atoms with Crippen LogP contribution in [0.15, 0.2) is 35.4 Å². The van der Waals surface area contributed by atoms with Crippen LogP contribution >= 0.6 is 0 Å². The number of hydrogen-bond acceptors (Lipinski definition) is 1.